The zero-order valence-corrected chi connectivity index (χ0v) is 9.36. The molecule has 1 saturated carbocycles. The number of hydroxylamine groups is 2. The van der Waals surface area contributed by atoms with Gasteiger partial charge in [-0.05, 0) is 31.1 Å². The first-order chi connectivity index (χ1) is 7.58. The smallest absolute Gasteiger partial charge is 0.185 e. The number of aliphatic hydroxyl groups is 1. The Morgan fingerprint density at radius 3 is 2.94 bits per heavy atom. The summed E-state index contributed by atoms with van der Waals surface area (Å²) in [4.78, 5) is 0. The number of hydrogen-bond acceptors (Lipinski definition) is 3. The van der Waals surface area contributed by atoms with E-state index >= 15 is 0 Å². The fourth-order valence-corrected chi connectivity index (χ4v) is 3.89. The molecule has 4 heteroatoms. The van der Waals surface area contributed by atoms with E-state index in [0.29, 0.717) is 24.0 Å². The Morgan fingerprint density at radius 2 is 2.38 bits per heavy atom. The zero-order valence-electron chi connectivity index (χ0n) is 9.36. The van der Waals surface area contributed by atoms with Gasteiger partial charge >= 0.3 is 0 Å². The van der Waals surface area contributed by atoms with Crippen molar-refractivity contribution in [3.8, 4) is 0 Å². The molecule has 3 aliphatic carbocycles. The standard InChI is InChI=1S/C12H17NO3/c1-2-7-3-8-5-12(9(8)4-7)6-10(14)11(12)13(15)16/h4,8-9,13-15H,2-3,5-6H2,1H3/t8-,9-,12?/m1/s1. The third kappa shape index (κ3) is 1.04. The first-order valence-electron chi connectivity index (χ1n) is 5.94. The highest BCUT2D eigenvalue weighted by atomic mass is 16.8. The van der Waals surface area contributed by atoms with Crippen molar-refractivity contribution in [2.45, 2.75) is 32.6 Å². The number of allylic oxidation sites excluding steroid dienone is 4. The summed E-state index contributed by atoms with van der Waals surface area (Å²) in [7, 11) is 0. The molecule has 0 aromatic rings. The van der Waals surface area contributed by atoms with E-state index < -0.39 is 5.23 Å². The van der Waals surface area contributed by atoms with Crippen molar-refractivity contribution in [2.75, 3.05) is 0 Å². The van der Waals surface area contributed by atoms with E-state index in [1.165, 1.54) is 5.57 Å². The summed E-state index contributed by atoms with van der Waals surface area (Å²) < 4.78 is 0. The fraction of sp³-hybridized carbons (Fsp3) is 0.667. The predicted octanol–water partition coefficient (Wildman–Crippen LogP) is 1.29. The van der Waals surface area contributed by atoms with Gasteiger partial charge < -0.3 is 10.3 Å². The van der Waals surface area contributed by atoms with Gasteiger partial charge in [0.2, 0.25) is 0 Å². The van der Waals surface area contributed by atoms with Crippen LogP contribution in [0.15, 0.2) is 23.1 Å². The second-order valence-corrected chi connectivity index (χ2v) is 5.33. The maximum Gasteiger partial charge on any atom is 0.185 e. The largest absolute Gasteiger partial charge is 0.595 e. The number of fused-ring (bicyclic) bond motifs is 2. The number of aliphatic hydroxyl groups excluding tert-OH is 1. The molecule has 3 N–H and O–H groups in total. The van der Waals surface area contributed by atoms with E-state index in [1.807, 2.05) is 0 Å². The minimum Gasteiger partial charge on any atom is -0.595 e. The molecule has 2 unspecified atom stereocenters. The van der Waals surface area contributed by atoms with Crippen LogP contribution >= 0.6 is 0 Å². The second-order valence-electron chi connectivity index (χ2n) is 5.33. The minimum atomic E-state index is -0.930. The molecule has 4 atom stereocenters. The molecule has 0 aliphatic heterocycles. The van der Waals surface area contributed by atoms with E-state index in [-0.39, 0.29) is 11.2 Å². The summed E-state index contributed by atoms with van der Waals surface area (Å²) in [6, 6.07) is 0. The Bertz CT molecular complexity index is 399. The first kappa shape index (κ1) is 10.3. The second kappa shape index (κ2) is 3.09. The zero-order chi connectivity index (χ0) is 11.5. The molecule has 0 saturated heterocycles. The fourth-order valence-electron chi connectivity index (χ4n) is 3.89. The van der Waals surface area contributed by atoms with Crippen LogP contribution in [0.1, 0.15) is 32.6 Å². The summed E-state index contributed by atoms with van der Waals surface area (Å²) in [5, 5.41) is 28.8. The quantitative estimate of drug-likeness (QED) is 0.488. The highest BCUT2D eigenvalue weighted by Crippen LogP contribution is 2.67. The number of nitrogens with one attached hydrogen (secondary N) is 1. The molecule has 3 rings (SSSR count). The van der Waals surface area contributed by atoms with Crippen LogP contribution < -0.4 is 5.23 Å². The third-order valence-electron chi connectivity index (χ3n) is 4.65. The van der Waals surface area contributed by atoms with E-state index in [1.54, 1.807) is 0 Å². The third-order valence-corrected chi connectivity index (χ3v) is 4.65. The van der Waals surface area contributed by atoms with Crippen LogP contribution in [0.3, 0.4) is 0 Å². The summed E-state index contributed by atoms with van der Waals surface area (Å²) >= 11 is 0. The average molecular weight is 223 g/mol. The van der Waals surface area contributed by atoms with Crippen LogP contribution in [-0.4, -0.2) is 10.3 Å². The molecule has 0 heterocycles. The summed E-state index contributed by atoms with van der Waals surface area (Å²) in [6.45, 7) is 2.15. The lowest BCUT2D eigenvalue weighted by Gasteiger charge is -2.57. The molecule has 0 aromatic heterocycles. The summed E-state index contributed by atoms with van der Waals surface area (Å²) in [5.41, 5.74) is 1.54. The number of hydrogen-bond donors (Lipinski definition) is 3. The van der Waals surface area contributed by atoms with Crippen LogP contribution in [0.4, 0.5) is 0 Å². The van der Waals surface area contributed by atoms with Gasteiger partial charge in [0.15, 0.2) is 11.5 Å². The van der Waals surface area contributed by atoms with Gasteiger partial charge in [0.05, 0.1) is 5.41 Å². The van der Waals surface area contributed by atoms with Crippen molar-refractivity contribution in [1.82, 2.24) is 0 Å². The number of quaternary nitrogens is 1. The molecule has 0 bridgehead atoms. The highest BCUT2D eigenvalue weighted by molar-refractivity contribution is 5.37. The van der Waals surface area contributed by atoms with Crippen molar-refractivity contribution < 1.29 is 15.5 Å². The minimum absolute atomic E-state index is 0.101. The Morgan fingerprint density at radius 1 is 1.62 bits per heavy atom. The van der Waals surface area contributed by atoms with Crippen molar-refractivity contribution >= 4 is 0 Å². The molecule has 0 radical (unpaired) electrons. The molecule has 1 fully saturated rings. The van der Waals surface area contributed by atoms with E-state index in [0.717, 1.165) is 19.3 Å². The average Bonchev–Trinajstić information content (AvgIpc) is 2.51. The first-order valence-corrected chi connectivity index (χ1v) is 5.94. The molecule has 0 aromatic carbocycles. The van der Waals surface area contributed by atoms with E-state index in [2.05, 4.69) is 13.0 Å². The van der Waals surface area contributed by atoms with Gasteiger partial charge in [-0.1, -0.05) is 18.6 Å². The Kier molecular flexibility index (Phi) is 2.00. The predicted molar refractivity (Wildman–Crippen MR) is 57.4 cm³/mol. The molecule has 88 valence electrons. The topological polar surface area (TPSA) is 68.0 Å². The van der Waals surface area contributed by atoms with E-state index in [9.17, 15) is 10.3 Å². The van der Waals surface area contributed by atoms with Gasteiger partial charge in [-0.2, -0.15) is 5.23 Å². The van der Waals surface area contributed by atoms with Gasteiger partial charge in [-0.15, -0.1) is 0 Å². The monoisotopic (exact) mass is 223 g/mol. The SMILES string of the molecule is CCC1=C[C@@H]2[C@H](C1)CC21CC(O)=C1[NH+]([O-])O. The summed E-state index contributed by atoms with van der Waals surface area (Å²) in [6.07, 6.45) is 5.99. The van der Waals surface area contributed by atoms with Crippen LogP contribution in [0.5, 0.6) is 0 Å². The Hall–Kier alpha value is -0.840. The maximum atomic E-state index is 11.1. The molecule has 0 amide bonds. The van der Waals surface area contributed by atoms with Gasteiger partial charge in [-0.25, -0.2) is 5.21 Å². The van der Waals surface area contributed by atoms with Gasteiger partial charge in [-0.3, -0.25) is 0 Å². The molecule has 1 spiro atoms. The lowest BCUT2D eigenvalue weighted by Crippen LogP contribution is -3.06. The highest BCUT2D eigenvalue weighted by Gasteiger charge is 2.65. The lowest BCUT2D eigenvalue weighted by atomic mass is 9.47. The molecule has 3 aliphatic rings. The van der Waals surface area contributed by atoms with E-state index in [4.69, 9.17) is 5.21 Å². The molecular formula is C12H17NO3. The number of rotatable bonds is 2. The van der Waals surface area contributed by atoms with Gasteiger partial charge in [0.1, 0.15) is 0 Å². The van der Waals surface area contributed by atoms with Crippen LogP contribution in [0.2, 0.25) is 0 Å². The van der Waals surface area contributed by atoms with Crippen molar-refractivity contribution in [3.63, 3.8) is 0 Å². The molecule has 4 nitrogen and oxygen atoms in total. The normalized spacial score (nSPS) is 42.6. The van der Waals surface area contributed by atoms with Gasteiger partial charge in [0.25, 0.3) is 0 Å². The van der Waals surface area contributed by atoms with Crippen LogP contribution in [0, 0.1) is 22.5 Å². The maximum absolute atomic E-state index is 11.1. The van der Waals surface area contributed by atoms with Crippen LogP contribution in [0.25, 0.3) is 0 Å². The van der Waals surface area contributed by atoms with Crippen molar-refractivity contribution in [1.29, 1.82) is 0 Å². The van der Waals surface area contributed by atoms with Crippen molar-refractivity contribution in [2.24, 2.45) is 17.3 Å². The Balaban J connectivity index is 1.88. The Labute approximate surface area is 94.4 Å². The van der Waals surface area contributed by atoms with Crippen LogP contribution in [-0.2, 0) is 0 Å². The van der Waals surface area contributed by atoms with Crippen molar-refractivity contribution in [3.05, 3.63) is 28.3 Å². The lowest BCUT2D eigenvalue weighted by molar-refractivity contribution is -1.02. The summed E-state index contributed by atoms with van der Waals surface area (Å²) in [5.74, 6) is 1.12. The van der Waals surface area contributed by atoms with Gasteiger partial charge in [0, 0.05) is 6.42 Å². The molecular weight excluding hydrogens is 206 g/mol. The molecule has 16 heavy (non-hydrogen) atoms.